The number of hydrogen-bond acceptors (Lipinski definition) is 3. The maximum Gasteiger partial charge on any atom is 0.287 e. The highest BCUT2D eigenvalue weighted by atomic mass is 16.3. The van der Waals surface area contributed by atoms with Gasteiger partial charge in [-0.15, -0.1) is 0 Å². The Balaban J connectivity index is 2.61. The number of aliphatic hydroxyl groups excluding tert-OH is 1. The Kier molecular flexibility index (Phi) is 4.55. The van der Waals surface area contributed by atoms with E-state index >= 15 is 0 Å². The minimum atomic E-state index is -0.222. The molecule has 0 fully saturated rings. The van der Waals surface area contributed by atoms with E-state index in [9.17, 15) is 4.79 Å². The number of furan rings is 1. The van der Waals surface area contributed by atoms with Gasteiger partial charge in [0, 0.05) is 12.6 Å². The highest BCUT2D eigenvalue weighted by Crippen LogP contribution is 2.10. The molecule has 1 amide bonds. The van der Waals surface area contributed by atoms with Crippen molar-refractivity contribution in [3.63, 3.8) is 0 Å². The number of aryl methyl sites for hydroxylation is 1. The second-order valence-electron chi connectivity index (χ2n) is 4.25. The van der Waals surface area contributed by atoms with Crippen LogP contribution in [-0.4, -0.2) is 23.7 Å². The summed E-state index contributed by atoms with van der Waals surface area (Å²) in [7, 11) is 0. The summed E-state index contributed by atoms with van der Waals surface area (Å²) in [5, 5.41) is 11.8. The van der Waals surface area contributed by atoms with Gasteiger partial charge in [-0.2, -0.15) is 0 Å². The molecule has 0 aliphatic heterocycles. The van der Waals surface area contributed by atoms with Crippen molar-refractivity contribution in [2.75, 3.05) is 6.61 Å². The molecule has 0 aliphatic carbocycles. The first-order chi connectivity index (χ1) is 7.54. The average molecular weight is 225 g/mol. The van der Waals surface area contributed by atoms with Crippen LogP contribution in [0.2, 0.25) is 0 Å². The lowest BCUT2D eigenvalue weighted by Crippen LogP contribution is -2.39. The summed E-state index contributed by atoms with van der Waals surface area (Å²) in [6, 6.07) is 3.38. The van der Waals surface area contributed by atoms with E-state index in [1.165, 1.54) is 0 Å². The molecule has 0 aliphatic rings. The summed E-state index contributed by atoms with van der Waals surface area (Å²) >= 11 is 0. The highest BCUT2D eigenvalue weighted by Gasteiger charge is 2.18. The zero-order valence-electron chi connectivity index (χ0n) is 9.99. The monoisotopic (exact) mass is 225 g/mol. The van der Waals surface area contributed by atoms with Crippen molar-refractivity contribution in [2.24, 2.45) is 5.92 Å². The molecule has 0 radical (unpaired) electrons. The first-order valence-corrected chi connectivity index (χ1v) is 5.52. The van der Waals surface area contributed by atoms with E-state index in [4.69, 9.17) is 9.52 Å². The lowest BCUT2D eigenvalue weighted by molar-refractivity contribution is 0.0887. The van der Waals surface area contributed by atoms with Crippen molar-refractivity contribution in [1.29, 1.82) is 0 Å². The van der Waals surface area contributed by atoms with Gasteiger partial charge in [0.1, 0.15) is 5.76 Å². The molecule has 2 N–H and O–H groups in total. The van der Waals surface area contributed by atoms with Gasteiger partial charge >= 0.3 is 0 Å². The molecule has 0 aromatic carbocycles. The number of rotatable bonds is 5. The van der Waals surface area contributed by atoms with Gasteiger partial charge in [-0.05, 0) is 31.4 Å². The van der Waals surface area contributed by atoms with Crippen LogP contribution < -0.4 is 5.32 Å². The van der Waals surface area contributed by atoms with Crippen LogP contribution in [0, 0.1) is 12.8 Å². The predicted octanol–water partition coefficient (Wildman–Crippen LogP) is 1.72. The van der Waals surface area contributed by atoms with Crippen LogP contribution in [0.3, 0.4) is 0 Å². The molecule has 1 heterocycles. The molecule has 1 rings (SSSR count). The summed E-state index contributed by atoms with van der Waals surface area (Å²) in [6.45, 7) is 5.88. The van der Waals surface area contributed by atoms with E-state index < -0.39 is 0 Å². The molecule has 4 heteroatoms. The van der Waals surface area contributed by atoms with Crippen LogP contribution in [0.5, 0.6) is 0 Å². The van der Waals surface area contributed by atoms with Crippen LogP contribution in [-0.2, 0) is 0 Å². The fourth-order valence-electron chi connectivity index (χ4n) is 1.51. The molecule has 1 aromatic heterocycles. The Labute approximate surface area is 95.7 Å². The van der Waals surface area contributed by atoms with Gasteiger partial charge in [0.2, 0.25) is 0 Å². The minimum Gasteiger partial charge on any atom is -0.456 e. The van der Waals surface area contributed by atoms with Gasteiger partial charge in [0.15, 0.2) is 5.76 Å². The summed E-state index contributed by atoms with van der Waals surface area (Å²) in [4.78, 5) is 11.8. The maximum atomic E-state index is 11.8. The van der Waals surface area contributed by atoms with Gasteiger partial charge in [-0.1, -0.05) is 13.8 Å². The van der Waals surface area contributed by atoms with Crippen molar-refractivity contribution in [3.8, 4) is 0 Å². The molecule has 16 heavy (non-hydrogen) atoms. The van der Waals surface area contributed by atoms with Gasteiger partial charge in [-0.3, -0.25) is 4.79 Å². The van der Waals surface area contributed by atoms with Crippen molar-refractivity contribution in [3.05, 3.63) is 23.7 Å². The molecule has 1 atom stereocenters. The fourth-order valence-corrected chi connectivity index (χ4v) is 1.51. The van der Waals surface area contributed by atoms with Gasteiger partial charge < -0.3 is 14.8 Å². The summed E-state index contributed by atoms with van der Waals surface area (Å²) in [5.74, 6) is 1.10. The average Bonchev–Trinajstić information content (AvgIpc) is 2.64. The fraction of sp³-hybridized carbons (Fsp3) is 0.583. The van der Waals surface area contributed by atoms with Crippen LogP contribution in [0.15, 0.2) is 16.5 Å². The molecular formula is C12H19NO3. The van der Waals surface area contributed by atoms with E-state index in [0.29, 0.717) is 17.9 Å². The van der Waals surface area contributed by atoms with E-state index in [0.717, 1.165) is 0 Å². The Bertz CT molecular complexity index is 344. The quantitative estimate of drug-likeness (QED) is 0.802. The van der Waals surface area contributed by atoms with Crippen LogP contribution in [0.1, 0.15) is 36.6 Å². The third-order valence-corrected chi connectivity index (χ3v) is 2.53. The molecule has 0 bridgehead atoms. The van der Waals surface area contributed by atoms with E-state index in [1.54, 1.807) is 19.1 Å². The Morgan fingerprint density at radius 3 is 2.62 bits per heavy atom. The number of carbonyl (C=O) groups is 1. The largest absolute Gasteiger partial charge is 0.456 e. The molecule has 0 saturated heterocycles. The third kappa shape index (κ3) is 3.38. The highest BCUT2D eigenvalue weighted by molar-refractivity contribution is 5.91. The molecular weight excluding hydrogens is 206 g/mol. The van der Waals surface area contributed by atoms with Crippen LogP contribution in [0.25, 0.3) is 0 Å². The summed E-state index contributed by atoms with van der Waals surface area (Å²) < 4.78 is 5.23. The summed E-state index contributed by atoms with van der Waals surface area (Å²) in [5.41, 5.74) is 0. The van der Waals surface area contributed by atoms with Crippen LogP contribution in [0.4, 0.5) is 0 Å². The van der Waals surface area contributed by atoms with E-state index in [2.05, 4.69) is 5.32 Å². The van der Waals surface area contributed by atoms with E-state index in [-0.39, 0.29) is 24.5 Å². The van der Waals surface area contributed by atoms with Crippen molar-refractivity contribution >= 4 is 5.91 Å². The number of aliphatic hydroxyl groups is 1. The SMILES string of the molecule is Cc1ccc(C(=O)NC(CCO)C(C)C)o1. The number of carbonyl (C=O) groups excluding carboxylic acids is 1. The maximum absolute atomic E-state index is 11.8. The smallest absolute Gasteiger partial charge is 0.287 e. The molecule has 1 unspecified atom stereocenters. The summed E-state index contributed by atoms with van der Waals surface area (Å²) in [6.07, 6.45) is 0.559. The molecule has 4 nitrogen and oxygen atoms in total. The molecule has 0 saturated carbocycles. The van der Waals surface area contributed by atoms with E-state index in [1.807, 2.05) is 13.8 Å². The standard InChI is InChI=1S/C12H19NO3/c1-8(2)10(6-7-14)13-12(15)11-5-4-9(3)16-11/h4-5,8,10,14H,6-7H2,1-3H3,(H,13,15). The topological polar surface area (TPSA) is 62.5 Å². The predicted molar refractivity (Wildman–Crippen MR) is 61.2 cm³/mol. The number of amides is 1. The minimum absolute atomic E-state index is 0.0251. The van der Waals surface area contributed by atoms with Crippen LogP contribution >= 0.6 is 0 Å². The van der Waals surface area contributed by atoms with Crippen molar-refractivity contribution < 1.29 is 14.3 Å². The van der Waals surface area contributed by atoms with Gasteiger partial charge in [-0.25, -0.2) is 0 Å². The van der Waals surface area contributed by atoms with Crippen molar-refractivity contribution in [1.82, 2.24) is 5.32 Å². The normalized spacial score (nSPS) is 12.8. The van der Waals surface area contributed by atoms with Gasteiger partial charge in [0.25, 0.3) is 5.91 Å². The Morgan fingerprint density at radius 2 is 2.19 bits per heavy atom. The number of hydrogen-bond donors (Lipinski definition) is 2. The third-order valence-electron chi connectivity index (χ3n) is 2.53. The molecule has 90 valence electrons. The van der Waals surface area contributed by atoms with Crippen molar-refractivity contribution in [2.45, 2.75) is 33.2 Å². The van der Waals surface area contributed by atoms with Gasteiger partial charge in [0.05, 0.1) is 0 Å². The second kappa shape index (κ2) is 5.70. The molecule has 0 spiro atoms. The Hall–Kier alpha value is -1.29. The zero-order valence-corrected chi connectivity index (χ0v) is 9.99. The lowest BCUT2D eigenvalue weighted by Gasteiger charge is -2.20. The number of nitrogens with one attached hydrogen (secondary N) is 1. The lowest BCUT2D eigenvalue weighted by atomic mass is 10.0. The second-order valence-corrected chi connectivity index (χ2v) is 4.25. The molecule has 1 aromatic rings. The Morgan fingerprint density at radius 1 is 1.50 bits per heavy atom. The first kappa shape index (κ1) is 12.8. The first-order valence-electron chi connectivity index (χ1n) is 5.52. The zero-order chi connectivity index (χ0) is 12.1.